The molecule has 0 radical (unpaired) electrons. The number of aromatic nitrogens is 1. The van der Waals surface area contributed by atoms with Crippen LogP contribution in [-0.2, 0) is 0 Å². The van der Waals surface area contributed by atoms with Gasteiger partial charge in [0.1, 0.15) is 0 Å². The molecule has 1 heteroatoms. The van der Waals surface area contributed by atoms with Crippen LogP contribution in [0.25, 0.3) is 0 Å². The molecule has 2 fully saturated rings. The van der Waals surface area contributed by atoms with E-state index in [0.29, 0.717) is 17.3 Å². The molecule has 26 heavy (non-hydrogen) atoms. The van der Waals surface area contributed by atoms with Gasteiger partial charge in [0.15, 0.2) is 0 Å². The molecular weight excluding hydrogens is 314 g/mol. The molecule has 0 spiro atoms. The van der Waals surface area contributed by atoms with Crippen LogP contribution in [0.15, 0.2) is 42.7 Å². The third-order valence-electron chi connectivity index (χ3n) is 8.32. The van der Waals surface area contributed by atoms with E-state index in [2.05, 4.69) is 62.3 Å². The summed E-state index contributed by atoms with van der Waals surface area (Å²) in [7, 11) is 0. The molecule has 0 amide bonds. The Hall–Kier alpha value is -1.63. The Balaban J connectivity index is 1.51. The van der Waals surface area contributed by atoms with Crippen molar-refractivity contribution in [2.24, 2.45) is 17.3 Å². The summed E-state index contributed by atoms with van der Waals surface area (Å²) in [5.41, 5.74) is 6.71. The Morgan fingerprint density at radius 3 is 2.77 bits per heavy atom. The van der Waals surface area contributed by atoms with Crippen molar-refractivity contribution in [3.8, 4) is 0 Å². The number of nitrogens with zero attached hydrogens (tertiary/aromatic N) is 1. The molecule has 2 saturated carbocycles. The SMILES string of the molecule is Cc1ccc2c(c1)[C@@H](C)C[C@@H]1[C@@H]2CC[C@]2(C)[C@@H](c3cccnc3)CC[C@@H]12. The number of aryl methyl sites for hydroxylation is 1. The first-order chi connectivity index (χ1) is 12.6. The largest absolute Gasteiger partial charge is 0.264 e. The highest BCUT2D eigenvalue weighted by atomic mass is 14.6. The minimum Gasteiger partial charge on any atom is -0.264 e. The van der Waals surface area contributed by atoms with Gasteiger partial charge in [-0.15, -0.1) is 0 Å². The summed E-state index contributed by atoms with van der Waals surface area (Å²) in [5.74, 6) is 3.97. The number of pyridine rings is 1. The smallest absolute Gasteiger partial charge is 0.0302 e. The maximum Gasteiger partial charge on any atom is 0.0302 e. The van der Waals surface area contributed by atoms with Gasteiger partial charge in [0.2, 0.25) is 0 Å². The van der Waals surface area contributed by atoms with Crippen molar-refractivity contribution >= 4 is 0 Å². The topological polar surface area (TPSA) is 12.9 Å². The molecule has 1 aromatic heterocycles. The summed E-state index contributed by atoms with van der Waals surface area (Å²) >= 11 is 0. The summed E-state index contributed by atoms with van der Waals surface area (Å²) in [6, 6.07) is 11.7. The number of benzene rings is 1. The molecule has 0 aliphatic heterocycles. The van der Waals surface area contributed by atoms with E-state index in [0.717, 1.165) is 17.8 Å². The number of hydrogen-bond acceptors (Lipinski definition) is 1. The normalized spacial score (nSPS) is 38.3. The van der Waals surface area contributed by atoms with Gasteiger partial charge >= 0.3 is 0 Å². The third kappa shape index (κ3) is 2.32. The van der Waals surface area contributed by atoms with Gasteiger partial charge in [-0.05, 0) is 96.8 Å². The minimum atomic E-state index is 0.464. The van der Waals surface area contributed by atoms with Gasteiger partial charge in [0, 0.05) is 12.4 Å². The van der Waals surface area contributed by atoms with E-state index < -0.39 is 0 Å². The van der Waals surface area contributed by atoms with Gasteiger partial charge in [0.05, 0.1) is 0 Å². The van der Waals surface area contributed by atoms with E-state index in [-0.39, 0.29) is 0 Å². The van der Waals surface area contributed by atoms with Gasteiger partial charge in [-0.3, -0.25) is 4.98 Å². The van der Waals surface area contributed by atoms with Crippen LogP contribution in [0.2, 0.25) is 0 Å². The van der Waals surface area contributed by atoms with Gasteiger partial charge in [0.25, 0.3) is 0 Å². The lowest BCUT2D eigenvalue weighted by atomic mass is 9.52. The van der Waals surface area contributed by atoms with E-state index in [1.807, 2.05) is 6.20 Å². The fourth-order valence-corrected chi connectivity index (χ4v) is 7.13. The second kappa shape index (κ2) is 5.94. The predicted octanol–water partition coefficient (Wildman–Crippen LogP) is 6.59. The maximum atomic E-state index is 4.43. The first kappa shape index (κ1) is 16.5. The standard InChI is InChI=1S/C25H31N/c1-16-6-7-19-20-10-11-25(3)23(18-5-4-12-26-15-18)8-9-24(25)22(20)14-17(2)21(19)13-16/h4-7,12-13,15,17,20,22-24H,8-11,14H2,1-3H3/t17-,20+,22+,23+,24-,25+/m0/s1. The molecule has 1 heterocycles. The molecule has 1 nitrogen and oxygen atoms in total. The molecule has 3 aliphatic rings. The molecule has 6 atom stereocenters. The van der Waals surface area contributed by atoms with Gasteiger partial charge < -0.3 is 0 Å². The average molecular weight is 346 g/mol. The highest BCUT2D eigenvalue weighted by Gasteiger charge is 2.55. The summed E-state index contributed by atoms with van der Waals surface area (Å²) in [4.78, 5) is 4.43. The Labute approximate surface area is 158 Å². The molecule has 0 unspecified atom stereocenters. The zero-order chi connectivity index (χ0) is 17.9. The van der Waals surface area contributed by atoms with Crippen LogP contribution in [0.3, 0.4) is 0 Å². The highest BCUT2D eigenvalue weighted by molar-refractivity contribution is 5.40. The molecule has 0 N–H and O–H groups in total. The van der Waals surface area contributed by atoms with Crippen LogP contribution in [0, 0.1) is 24.2 Å². The van der Waals surface area contributed by atoms with Crippen molar-refractivity contribution in [2.45, 2.75) is 70.6 Å². The molecular formula is C25H31N. The van der Waals surface area contributed by atoms with Crippen molar-refractivity contribution in [3.05, 3.63) is 65.0 Å². The maximum absolute atomic E-state index is 4.43. The summed E-state index contributed by atoms with van der Waals surface area (Å²) < 4.78 is 0. The Morgan fingerprint density at radius 2 is 1.96 bits per heavy atom. The number of hydrogen-bond donors (Lipinski definition) is 0. The molecule has 3 aliphatic carbocycles. The van der Waals surface area contributed by atoms with Crippen LogP contribution < -0.4 is 0 Å². The zero-order valence-electron chi connectivity index (χ0n) is 16.4. The molecule has 0 bridgehead atoms. The van der Waals surface area contributed by atoms with Crippen LogP contribution in [0.1, 0.15) is 86.0 Å². The van der Waals surface area contributed by atoms with Crippen molar-refractivity contribution in [3.63, 3.8) is 0 Å². The zero-order valence-corrected chi connectivity index (χ0v) is 16.4. The summed E-state index contributed by atoms with van der Waals surface area (Å²) in [6.07, 6.45) is 10.9. The summed E-state index contributed by atoms with van der Waals surface area (Å²) in [5, 5.41) is 0. The van der Waals surface area contributed by atoms with Crippen LogP contribution in [0.5, 0.6) is 0 Å². The van der Waals surface area contributed by atoms with Crippen molar-refractivity contribution in [2.75, 3.05) is 0 Å². The van der Waals surface area contributed by atoms with E-state index in [4.69, 9.17) is 0 Å². The second-order valence-electron chi connectivity index (χ2n) is 9.61. The van der Waals surface area contributed by atoms with Crippen molar-refractivity contribution < 1.29 is 0 Å². The first-order valence-corrected chi connectivity index (χ1v) is 10.6. The molecule has 136 valence electrons. The third-order valence-corrected chi connectivity index (χ3v) is 8.32. The van der Waals surface area contributed by atoms with E-state index in [9.17, 15) is 0 Å². The van der Waals surface area contributed by atoms with Crippen LogP contribution in [-0.4, -0.2) is 4.98 Å². The number of fused-ring (bicyclic) bond motifs is 5. The Kier molecular flexibility index (Phi) is 3.78. The predicted molar refractivity (Wildman–Crippen MR) is 107 cm³/mol. The molecule has 2 aromatic rings. The van der Waals surface area contributed by atoms with Crippen molar-refractivity contribution in [1.29, 1.82) is 0 Å². The van der Waals surface area contributed by atoms with Crippen LogP contribution in [0.4, 0.5) is 0 Å². The van der Waals surface area contributed by atoms with E-state index in [1.165, 1.54) is 43.2 Å². The van der Waals surface area contributed by atoms with E-state index >= 15 is 0 Å². The fourth-order valence-electron chi connectivity index (χ4n) is 7.13. The Bertz CT molecular complexity index is 810. The van der Waals surface area contributed by atoms with Gasteiger partial charge in [-0.25, -0.2) is 0 Å². The first-order valence-electron chi connectivity index (χ1n) is 10.6. The lowest BCUT2D eigenvalue weighted by molar-refractivity contribution is 0.0438. The Morgan fingerprint density at radius 1 is 1.08 bits per heavy atom. The fraction of sp³-hybridized carbons (Fsp3) is 0.560. The lowest BCUT2D eigenvalue weighted by Crippen LogP contribution is -2.42. The summed E-state index contributed by atoms with van der Waals surface area (Å²) in [6.45, 7) is 7.31. The molecule has 0 saturated heterocycles. The van der Waals surface area contributed by atoms with E-state index in [1.54, 1.807) is 11.1 Å². The molecule has 5 rings (SSSR count). The lowest BCUT2D eigenvalue weighted by Gasteiger charge is -2.52. The van der Waals surface area contributed by atoms with Gasteiger partial charge in [-0.2, -0.15) is 0 Å². The van der Waals surface area contributed by atoms with Gasteiger partial charge in [-0.1, -0.05) is 43.7 Å². The highest BCUT2D eigenvalue weighted by Crippen LogP contribution is 2.66. The average Bonchev–Trinajstić information content (AvgIpc) is 3.00. The molecule has 1 aromatic carbocycles. The number of rotatable bonds is 1. The van der Waals surface area contributed by atoms with Crippen LogP contribution >= 0.6 is 0 Å². The van der Waals surface area contributed by atoms with Crippen molar-refractivity contribution in [1.82, 2.24) is 4.98 Å². The monoisotopic (exact) mass is 345 g/mol. The second-order valence-corrected chi connectivity index (χ2v) is 9.61. The quantitative estimate of drug-likeness (QED) is 0.568. The minimum absolute atomic E-state index is 0.464.